The highest BCUT2D eigenvalue weighted by molar-refractivity contribution is 6.74. The van der Waals surface area contributed by atoms with Crippen LogP contribution in [0.1, 0.15) is 89.7 Å². The lowest BCUT2D eigenvalue weighted by atomic mass is 9.48. The van der Waals surface area contributed by atoms with Gasteiger partial charge in [0.15, 0.2) is 19.8 Å². The van der Waals surface area contributed by atoms with E-state index in [2.05, 4.69) is 70.6 Å². The van der Waals surface area contributed by atoms with Gasteiger partial charge in [0.25, 0.3) is 0 Å². The first-order chi connectivity index (χ1) is 23.2. The average Bonchev–Trinajstić information content (AvgIpc) is 3.36. The molecule has 9 nitrogen and oxygen atoms in total. The Labute approximate surface area is 290 Å². The number of ether oxygens (including phenoxy) is 2. The molecule has 4 bridgehead atoms. The monoisotopic (exact) mass is 694 g/mol. The lowest BCUT2D eigenvalue weighted by Crippen LogP contribution is -2.60. The molecule has 2 aromatic rings. The molecule has 49 heavy (non-hydrogen) atoms. The predicted octanol–water partition coefficient (Wildman–Crippen LogP) is 8.06. The summed E-state index contributed by atoms with van der Waals surface area (Å²) >= 11 is 0. The van der Waals surface area contributed by atoms with Gasteiger partial charge in [-0.15, -0.1) is 8.78 Å². The van der Waals surface area contributed by atoms with Crippen LogP contribution >= 0.6 is 0 Å². The molecular formula is C37H52F2N6O3Si. The van der Waals surface area contributed by atoms with Crippen LogP contribution in [-0.2, 0) is 11.0 Å². The molecule has 1 aliphatic heterocycles. The summed E-state index contributed by atoms with van der Waals surface area (Å²) < 4.78 is 43.3. The number of benzene rings is 1. The molecule has 1 unspecified atom stereocenters. The summed E-state index contributed by atoms with van der Waals surface area (Å²) in [6.45, 7) is 13.8. The minimum absolute atomic E-state index is 0.000625. The molecule has 266 valence electrons. The van der Waals surface area contributed by atoms with Crippen molar-refractivity contribution in [3.8, 4) is 17.6 Å². The van der Waals surface area contributed by atoms with Gasteiger partial charge in [-0.2, -0.15) is 10.2 Å². The first kappa shape index (κ1) is 34.4. The summed E-state index contributed by atoms with van der Waals surface area (Å²) in [7, 11) is -1.72. The molecule has 0 saturated heterocycles. The Morgan fingerprint density at radius 1 is 1.04 bits per heavy atom. The number of fused-ring (bicyclic) bond motifs is 1. The molecule has 8 rings (SSSR count). The molecular weight excluding hydrogens is 643 g/mol. The van der Waals surface area contributed by atoms with Gasteiger partial charge in [0.2, 0.25) is 5.95 Å². The summed E-state index contributed by atoms with van der Waals surface area (Å²) in [6, 6.07) is 7.59. The van der Waals surface area contributed by atoms with E-state index < -0.39 is 14.6 Å². The van der Waals surface area contributed by atoms with Crippen LogP contribution in [0.15, 0.2) is 24.4 Å². The third kappa shape index (κ3) is 7.26. The van der Waals surface area contributed by atoms with E-state index >= 15 is 0 Å². The van der Waals surface area contributed by atoms with Crippen molar-refractivity contribution >= 4 is 20.1 Å². The third-order valence-electron chi connectivity index (χ3n) is 12.6. The zero-order valence-corrected chi connectivity index (χ0v) is 30.6. The van der Waals surface area contributed by atoms with Crippen LogP contribution in [0.5, 0.6) is 11.5 Å². The summed E-state index contributed by atoms with van der Waals surface area (Å²) in [6.07, 6.45) is 9.39. The van der Waals surface area contributed by atoms with Crippen molar-refractivity contribution < 1.29 is 22.7 Å². The van der Waals surface area contributed by atoms with Crippen molar-refractivity contribution in [2.45, 2.75) is 122 Å². The topological polar surface area (TPSA) is 113 Å². The zero-order valence-electron chi connectivity index (χ0n) is 29.6. The number of anilines is 2. The summed E-state index contributed by atoms with van der Waals surface area (Å²) in [4.78, 5) is 8.94. The average molecular weight is 695 g/mol. The fourth-order valence-corrected chi connectivity index (χ4v) is 10.8. The highest BCUT2D eigenvalue weighted by atomic mass is 28.4. The van der Waals surface area contributed by atoms with Gasteiger partial charge in [-0.05, 0) is 118 Å². The van der Waals surface area contributed by atoms with Gasteiger partial charge in [0, 0.05) is 30.8 Å². The van der Waals surface area contributed by atoms with Crippen molar-refractivity contribution in [3.63, 3.8) is 0 Å². The number of hydrogen-bond acceptors (Lipinski definition) is 9. The summed E-state index contributed by atoms with van der Waals surface area (Å²) in [5.74, 6) is 3.69. The van der Waals surface area contributed by atoms with Crippen LogP contribution in [0.25, 0.3) is 0 Å². The van der Waals surface area contributed by atoms with Crippen molar-refractivity contribution in [3.05, 3.63) is 35.5 Å². The van der Waals surface area contributed by atoms with E-state index in [-0.39, 0.29) is 28.5 Å². The van der Waals surface area contributed by atoms with E-state index in [0.29, 0.717) is 46.9 Å². The van der Waals surface area contributed by atoms with E-state index in [0.717, 1.165) is 24.9 Å². The van der Waals surface area contributed by atoms with Crippen LogP contribution in [0.4, 0.5) is 20.5 Å². The SMILES string of the molecule is CC(C)(C)[Si](C)(C)O[C@H]1CC[C@H](CN[C@@H]2[C@@H]3CC4C[C@H]2C[C@@](CNc2nc(NCc5cccc6c5OC(F)(F)O6)ncc2C#N)(C4)C3)CC1. The number of aromatic nitrogens is 2. The number of nitrogens with one attached hydrogen (secondary N) is 3. The van der Waals surface area contributed by atoms with Gasteiger partial charge in [-0.3, -0.25) is 0 Å². The second-order valence-corrected chi connectivity index (χ2v) is 21.9. The van der Waals surface area contributed by atoms with Crippen molar-refractivity contribution in [1.29, 1.82) is 5.26 Å². The minimum Gasteiger partial charge on any atom is -0.414 e. The first-order valence-corrected chi connectivity index (χ1v) is 21.2. The first-order valence-electron chi connectivity index (χ1n) is 18.3. The van der Waals surface area contributed by atoms with Crippen LogP contribution in [0, 0.1) is 40.4 Å². The molecule has 2 heterocycles. The van der Waals surface area contributed by atoms with Crippen LogP contribution in [0.2, 0.25) is 18.1 Å². The smallest absolute Gasteiger partial charge is 0.414 e. The molecule has 0 spiro atoms. The standard InChI is InChI=1S/C37H52F2N6O3Si/c1-35(2,3)49(4,5)48-29-11-9-23(10-12-29)19-41-31-26-13-24-14-27(31)17-36(15-24,16-26)22-44-33-28(18-40)21-43-34(45-33)42-20-25-7-6-8-30-32(25)47-37(38,39)46-30/h6-8,21,23-24,26-27,29,31,41H,9-17,19-20,22H2,1-5H3,(H2,42,43,44,45)/t23-,24?,26-,27+,29-,31-,36-. The number of alkyl halides is 2. The maximum atomic E-state index is 13.7. The Bertz CT molecular complexity index is 1550. The Morgan fingerprint density at radius 3 is 2.47 bits per heavy atom. The second-order valence-electron chi connectivity index (χ2n) is 17.1. The van der Waals surface area contributed by atoms with Crippen LogP contribution in [0.3, 0.4) is 0 Å². The number of hydrogen-bond donors (Lipinski definition) is 3. The number of nitrogens with zero attached hydrogens (tertiary/aromatic N) is 3. The number of rotatable bonds is 11. The summed E-state index contributed by atoms with van der Waals surface area (Å²) in [5.41, 5.74) is 1.08. The Morgan fingerprint density at radius 2 is 1.78 bits per heavy atom. The molecule has 5 atom stereocenters. The maximum absolute atomic E-state index is 13.7. The van der Waals surface area contributed by atoms with Crippen molar-refractivity contribution in [2.24, 2.45) is 29.1 Å². The Hall–Kier alpha value is -3.01. The lowest BCUT2D eigenvalue weighted by molar-refractivity contribution is -0.286. The predicted molar refractivity (Wildman–Crippen MR) is 187 cm³/mol. The molecule has 5 saturated carbocycles. The Kier molecular flexibility index (Phi) is 9.10. The van der Waals surface area contributed by atoms with E-state index in [1.807, 2.05) is 0 Å². The van der Waals surface area contributed by atoms with Gasteiger partial charge in [-0.25, -0.2) is 4.98 Å². The van der Waals surface area contributed by atoms with Crippen molar-refractivity contribution in [1.82, 2.24) is 15.3 Å². The molecule has 1 aromatic heterocycles. The van der Waals surface area contributed by atoms with Gasteiger partial charge in [-0.1, -0.05) is 32.9 Å². The normalized spacial score (nSPS) is 31.4. The molecule has 5 fully saturated rings. The minimum atomic E-state index is -3.69. The Balaban J connectivity index is 0.925. The van der Waals surface area contributed by atoms with Crippen LogP contribution < -0.4 is 25.4 Å². The zero-order chi connectivity index (χ0) is 34.6. The van der Waals surface area contributed by atoms with E-state index in [1.54, 1.807) is 12.1 Å². The van der Waals surface area contributed by atoms with Crippen LogP contribution in [-0.4, -0.2) is 49.8 Å². The quantitative estimate of drug-likeness (QED) is 0.201. The fourth-order valence-electron chi connectivity index (χ4n) is 9.39. The number of halogens is 2. The molecule has 3 N–H and O–H groups in total. The molecule has 5 aliphatic carbocycles. The summed E-state index contributed by atoms with van der Waals surface area (Å²) in [5, 5.41) is 20.8. The maximum Gasteiger partial charge on any atom is 0.586 e. The van der Waals surface area contributed by atoms with Gasteiger partial charge >= 0.3 is 6.29 Å². The molecule has 12 heteroatoms. The molecule has 1 aromatic carbocycles. The van der Waals surface area contributed by atoms with E-state index in [1.165, 1.54) is 70.1 Å². The van der Waals surface area contributed by atoms with Crippen molar-refractivity contribution in [2.75, 3.05) is 23.7 Å². The largest absolute Gasteiger partial charge is 0.586 e. The molecule has 6 aliphatic rings. The van der Waals surface area contributed by atoms with E-state index in [4.69, 9.17) is 9.16 Å². The number of para-hydroxylation sites is 1. The molecule has 0 radical (unpaired) electrons. The third-order valence-corrected chi connectivity index (χ3v) is 17.1. The molecule has 0 amide bonds. The highest BCUT2D eigenvalue weighted by Crippen LogP contribution is 2.60. The fraction of sp³-hybridized carbons (Fsp3) is 0.703. The number of nitriles is 1. The van der Waals surface area contributed by atoms with Gasteiger partial charge in [0.1, 0.15) is 17.5 Å². The van der Waals surface area contributed by atoms with Gasteiger partial charge < -0.3 is 29.9 Å². The van der Waals surface area contributed by atoms with Gasteiger partial charge in [0.05, 0.1) is 6.20 Å². The lowest BCUT2D eigenvalue weighted by Gasteiger charge is -2.60. The second kappa shape index (κ2) is 12.9. The highest BCUT2D eigenvalue weighted by Gasteiger charge is 2.55. The van der Waals surface area contributed by atoms with E-state index in [9.17, 15) is 14.0 Å².